The zero-order valence-electron chi connectivity index (χ0n) is 13.6. The van der Waals surface area contributed by atoms with Gasteiger partial charge in [-0.1, -0.05) is 18.2 Å². The normalized spacial score (nSPS) is 10.6. The third-order valence-electron chi connectivity index (χ3n) is 3.96. The molecule has 2 aromatic carbocycles. The summed E-state index contributed by atoms with van der Waals surface area (Å²) in [6.07, 6.45) is 1.57. The summed E-state index contributed by atoms with van der Waals surface area (Å²) >= 11 is 0. The van der Waals surface area contributed by atoms with Gasteiger partial charge in [0.15, 0.2) is 0 Å². The highest BCUT2D eigenvalue weighted by Gasteiger charge is 2.25. The average Bonchev–Trinajstić information content (AvgIpc) is 3.05. The quantitative estimate of drug-likeness (QED) is 0.578. The van der Waals surface area contributed by atoms with Crippen LogP contribution in [0.25, 0.3) is 10.9 Å². The van der Waals surface area contributed by atoms with Crippen molar-refractivity contribution in [3.63, 3.8) is 0 Å². The van der Waals surface area contributed by atoms with Crippen LogP contribution in [0.5, 0.6) is 5.75 Å². The zero-order chi connectivity index (χ0) is 17.1. The first-order chi connectivity index (χ1) is 11.7. The largest absolute Gasteiger partial charge is 0.497 e. The van der Waals surface area contributed by atoms with Gasteiger partial charge < -0.3 is 14.6 Å². The molecule has 0 aliphatic rings. The van der Waals surface area contributed by atoms with Crippen molar-refractivity contribution in [1.29, 1.82) is 0 Å². The van der Waals surface area contributed by atoms with Gasteiger partial charge in [-0.05, 0) is 37.3 Å². The molecule has 0 saturated carbocycles. The van der Waals surface area contributed by atoms with Gasteiger partial charge in [-0.2, -0.15) is 0 Å². The van der Waals surface area contributed by atoms with Crippen LogP contribution in [-0.2, 0) is 4.79 Å². The smallest absolute Gasteiger partial charge is 0.299 e. The molecule has 0 bridgehead atoms. The lowest BCUT2D eigenvalue weighted by Crippen LogP contribution is -2.36. The molecule has 1 N–H and O–H groups in total. The van der Waals surface area contributed by atoms with E-state index >= 15 is 0 Å². The Hall–Kier alpha value is -3.08. The van der Waals surface area contributed by atoms with E-state index in [9.17, 15) is 9.59 Å². The molecule has 0 aliphatic heterocycles. The van der Waals surface area contributed by atoms with E-state index in [4.69, 9.17) is 4.74 Å². The Morgan fingerprint density at radius 3 is 2.54 bits per heavy atom. The number of Topliss-reactive ketones (excluding diaryl/α,β-unsaturated/α-hetero) is 1. The molecular formula is C19H18N2O3. The number of carbonyl (C=O) groups is 2. The van der Waals surface area contributed by atoms with Crippen molar-refractivity contribution in [2.75, 3.05) is 18.6 Å². The molecule has 1 amide bonds. The second kappa shape index (κ2) is 6.58. The number of hydrogen-bond donors (Lipinski definition) is 1. The summed E-state index contributed by atoms with van der Waals surface area (Å²) in [5.74, 6) is -0.452. The van der Waals surface area contributed by atoms with E-state index < -0.39 is 11.7 Å². The molecule has 122 valence electrons. The van der Waals surface area contributed by atoms with E-state index in [-0.39, 0.29) is 0 Å². The Morgan fingerprint density at radius 1 is 1.12 bits per heavy atom. The summed E-state index contributed by atoms with van der Waals surface area (Å²) in [7, 11) is 1.56. The van der Waals surface area contributed by atoms with Crippen molar-refractivity contribution < 1.29 is 14.3 Å². The highest BCUT2D eigenvalue weighted by Crippen LogP contribution is 2.25. The SMILES string of the molecule is CCN(C(=O)C(=O)c1c[nH]c2ccc(OC)cc12)c1ccccc1. The van der Waals surface area contributed by atoms with Gasteiger partial charge >= 0.3 is 0 Å². The molecule has 0 fully saturated rings. The van der Waals surface area contributed by atoms with Gasteiger partial charge in [0.1, 0.15) is 5.75 Å². The second-order valence-corrected chi connectivity index (χ2v) is 5.33. The maximum absolute atomic E-state index is 12.7. The number of nitrogens with one attached hydrogen (secondary N) is 1. The number of aromatic nitrogens is 1. The van der Waals surface area contributed by atoms with Crippen molar-refractivity contribution in [3.05, 3.63) is 60.3 Å². The Morgan fingerprint density at radius 2 is 1.88 bits per heavy atom. The molecule has 1 heterocycles. The number of aromatic amines is 1. The first kappa shape index (κ1) is 15.8. The predicted molar refractivity (Wildman–Crippen MR) is 93.7 cm³/mol. The molecule has 5 heteroatoms. The van der Waals surface area contributed by atoms with Crippen LogP contribution in [0.15, 0.2) is 54.7 Å². The number of benzene rings is 2. The number of carbonyl (C=O) groups excluding carboxylic acids is 2. The number of fused-ring (bicyclic) bond motifs is 1. The van der Waals surface area contributed by atoms with E-state index in [1.807, 2.05) is 43.3 Å². The number of methoxy groups -OCH3 is 1. The zero-order valence-corrected chi connectivity index (χ0v) is 13.6. The minimum absolute atomic E-state index is 0.350. The maximum Gasteiger partial charge on any atom is 0.299 e. The van der Waals surface area contributed by atoms with Crippen LogP contribution in [0.4, 0.5) is 5.69 Å². The number of H-pyrrole nitrogens is 1. The van der Waals surface area contributed by atoms with Crippen LogP contribution in [-0.4, -0.2) is 30.3 Å². The van der Waals surface area contributed by atoms with Gasteiger partial charge in [0.05, 0.1) is 12.7 Å². The number of nitrogens with zero attached hydrogens (tertiary/aromatic N) is 1. The Balaban J connectivity index is 1.97. The van der Waals surface area contributed by atoms with Gasteiger partial charge in [0.25, 0.3) is 11.7 Å². The fourth-order valence-corrected chi connectivity index (χ4v) is 2.70. The summed E-state index contributed by atoms with van der Waals surface area (Å²) in [6, 6.07) is 14.6. The number of amides is 1. The average molecular weight is 322 g/mol. The Bertz CT molecular complexity index is 884. The summed E-state index contributed by atoms with van der Waals surface area (Å²) < 4.78 is 5.20. The molecule has 0 radical (unpaired) electrons. The molecule has 0 spiro atoms. The van der Waals surface area contributed by atoms with Crippen molar-refractivity contribution in [3.8, 4) is 5.75 Å². The molecule has 0 atom stereocenters. The summed E-state index contributed by atoms with van der Waals surface area (Å²) in [4.78, 5) is 29.9. The maximum atomic E-state index is 12.7. The first-order valence-corrected chi connectivity index (χ1v) is 7.72. The van der Waals surface area contributed by atoms with E-state index in [2.05, 4.69) is 4.98 Å². The fraction of sp³-hybridized carbons (Fsp3) is 0.158. The molecule has 5 nitrogen and oxygen atoms in total. The number of hydrogen-bond acceptors (Lipinski definition) is 3. The minimum atomic E-state index is -0.549. The predicted octanol–water partition coefficient (Wildman–Crippen LogP) is 3.41. The van der Waals surface area contributed by atoms with Crippen LogP contribution in [0, 0.1) is 0 Å². The monoisotopic (exact) mass is 322 g/mol. The first-order valence-electron chi connectivity index (χ1n) is 7.72. The summed E-state index contributed by atoms with van der Waals surface area (Å²) in [5, 5.41) is 0.678. The number of ketones is 1. The summed E-state index contributed by atoms with van der Waals surface area (Å²) in [6.45, 7) is 2.26. The van der Waals surface area contributed by atoms with Crippen LogP contribution in [0.3, 0.4) is 0 Å². The number of para-hydroxylation sites is 1. The molecular weight excluding hydrogens is 304 g/mol. The lowest BCUT2D eigenvalue weighted by Gasteiger charge is -2.19. The van der Waals surface area contributed by atoms with Crippen LogP contribution < -0.4 is 9.64 Å². The van der Waals surface area contributed by atoms with E-state index in [1.54, 1.807) is 25.4 Å². The number of anilines is 1. The van der Waals surface area contributed by atoms with Crippen molar-refractivity contribution >= 4 is 28.3 Å². The van der Waals surface area contributed by atoms with Gasteiger partial charge in [-0.3, -0.25) is 9.59 Å². The second-order valence-electron chi connectivity index (χ2n) is 5.33. The number of rotatable bonds is 5. The van der Waals surface area contributed by atoms with Crippen LogP contribution in [0.1, 0.15) is 17.3 Å². The lowest BCUT2D eigenvalue weighted by atomic mass is 10.1. The van der Waals surface area contributed by atoms with Gasteiger partial charge in [0.2, 0.25) is 0 Å². The van der Waals surface area contributed by atoms with E-state index in [0.29, 0.717) is 28.9 Å². The Kier molecular flexibility index (Phi) is 4.33. The molecule has 3 rings (SSSR count). The van der Waals surface area contributed by atoms with Gasteiger partial charge in [-0.25, -0.2) is 0 Å². The highest BCUT2D eigenvalue weighted by atomic mass is 16.5. The van der Waals surface area contributed by atoms with E-state index in [1.165, 1.54) is 4.90 Å². The third-order valence-corrected chi connectivity index (χ3v) is 3.96. The standard InChI is InChI=1S/C19H18N2O3/c1-3-21(13-7-5-4-6-8-13)19(23)18(22)16-12-20-17-10-9-14(24-2)11-15(16)17/h4-12,20H,3H2,1-2H3. The van der Waals surface area contributed by atoms with Gasteiger partial charge in [0, 0.05) is 29.3 Å². The van der Waals surface area contributed by atoms with Crippen molar-refractivity contribution in [2.45, 2.75) is 6.92 Å². The van der Waals surface area contributed by atoms with E-state index in [0.717, 1.165) is 5.52 Å². The third kappa shape index (κ3) is 2.76. The highest BCUT2D eigenvalue weighted by molar-refractivity contribution is 6.48. The summed E-state index contributed by atoms with van der Waals surface area (Å²) in [5.41, 5.74) is 1.84. The number of likely N-dealkylation sites (N-methyl/N-ethyl adjacent to an activating group) is 1. The van der Waals surface area contributed by atoms with Crippen LogP contribution in [0.2, 0.25) is 0 Å². The molecule has 3 aromatic rings. The topological polar surface area (TPSA) is 62.4 Å². The van der Waals surface area contributed by atoms with Crippen molar-refractivity contribution in [1.82, 2.24) is 4.98 Å². The Labute approximate surface area is 139 Å². The molecule has 0 unspecified atom stereocenters. The number of ether oxygens (including phenoxy) is 1. The van der Waals surface area contributed by atoms with Gasteiger partial charge in [-0.15, -0.1) is 0 Å². The molecule has 24 heavy (non-hydrogen) atoms. The fourth-order valence-electron chi connectivity index (χ4n) is 2.70. The lowest BCUT2D eigenvalue weighted by molar-refractivity contribution is -0.114. The molecule has 0 saturated heterocycles. The molecule has 1 aromatic heterocycles. The minimum Gasteiger partial charge on any atom is -0.497 e. The molecule has 0 aliphatic carbocycles. The van der Waals surface area contributed by atoms with Crippen molar-refractivity contribution in [2.24, 2.45) is 0 Å². The van der Waals surface area contributed by atoms with Crippen LogP contribution >= 0.6 is 0 Å².